The number of hydrogen-bond acceptors (Lipinski definition) is 5. The smallest absolute Gasteiger partial charge is 0.394 e. The summed E-state index contributed by atoms with van der Waals surface area (Å²) < 4.78 is 37.6. The predicted molar refractivity (Wildman–Crippen MR) is 64.1 cm³/mol. The van der Waals surface area contributed by atoms with Crippen LogP contribution in [-0.2, 0) is 6.18 Å². The molecule has 5 N–H and O–H groups in total. The van der Waals surface area contributed by atoms with Gasteiger partial charge in [0.05, 0.1) is 12.7 Å². The van der Waals surface area contributed by atoms with Crippen molar-refractivity contribution in [3.8, 4) is 0 Å². The van der Waals surface area contributed by atoms with Crippen molar-refractivity contribution in [3.05, 3.63) is 23.4 Å². The van der Waals surface area contributed by atoms with E-state index in [-0.39, 0.29) is 16.3 Å². The van der Waals surface area contributed by atoms with Crippen molar-refractivity contribution in [2.45, 2.75) is 17.3 Å². The number of nitrogens with two attached hydrogens (primary N) is 1. The van der Waals surface area contributed by atoms with Gasteiger partial charge in [0.25, 0.3) is 0 Å². The van der Waals surface area contributed by atoms with E-state index in [2.05, 4.69) is 4.98 Å². The molecule has 1 rings (SSSR count). The summed E-state index contributed by atoms with van der Waals surface area (Å²) in [6.07, 6.45) is -5.68. The van der Waals surface area contributed by atoms with E-state index < -0.39 is 30.4 Å². The minimum absolute atomic E-state index is 0.0505. The molecule has 0 aromatic carbocycles. The molecule has 0 aliphatic rings. The summed E-state index contributed by atoms with van der Waals surface area (Å²) in [5.74, 6) is -0.465. The molecule has 1 aromatic rings. The summed E-state index contributed by atoms with van der Waals surface area (Å²) in [7, 11) is 0. The number of alkyl halides is 3. The molecule has 19 heavy (non-hydrogen) atoms. The summed E-state index contributed by atoms with van der Waals surface area (Å²) in [5.41, 5.74) is 4.21. The van der Waals surface area contributed by atoms with Gasteiger partial charge in [0.2, 0.25) is 0 Å². The van der Waals surface area contributed by atoms with E-state index in [4.69, 9.17) is 16.2 Å². The second-order valence-electron chi connectivity index (χ2n) is 3.61. The third-order valence-electron chi connectivity index (χ3n) is 2.06. The monoisotopic (exact) mass is 295 g/mol. The van der Waals surface area contributed by atoms with Crippen molar-refractivity contribution in [1.82, 2.24) is 4.98 Å². The number of halogens is 3. The van der Waals surface area contributed by atoms with E-state index >= 15 is 0 Å². The molecule has 0 saturated heterocycles. The molecule has 0 fully saturated rings. The number of nitrogens with one attached hydrogen (secondary N) is 1. The van der Waals surface area contributed by atoms with Gasteiger partial charge in [-0.3, -0.25) is 5.41 Å². The number of aliphatic hydroxyl groups excluding tert-OH is 2. The highest BCUT2D eigenvalue weighted by atomic mass is 32.2. The fourth-order valence-corrected chi connectivity index (χ4v) is 2.09. The molecule has 0 saturated carbocycles. The zero-order valence-electron chi connectivity index (χ0n) is 9.61. The summed E-state index contributed by atoms with van der Waals surface area (Å²) in [6, 6.07) is 1.80. The summed E-state index contributed by atoms with van der Waals surface area (Å²) in [6.45, 7) is -0.513. The van der Waals surface area contributed by atoms with Crippen molar-refractivity contribution in [3.63, 3.8) is 0 Å². The Morgan fingerprint density at radius 1 is 1.47 bits per heavy atom. The fourth-order valence-electron chi connectivity index (χ4n) is 1.14. The number of nitrogen functional groups attached to an aromatic ring is 1. The quantitative estimate of drug-likeness (QED) is 0.366. The maximum Gasteiger partial charge on any atom is 0.433 e. The Bertz CT molecular complexity index is 468. The second kappa shape index (κ2) is 6.22. The minimum atomic E-state index is -4.60. The summed E-state index contributed by atoms with van der Waals surface area (Å²) in [5, 5.41) is 25.0. The van der Waals surface area contributed by atoms with Crippen LogP contribution in [0, 0.1) is 5.41 Å². The molecule has 0 aliphatic carbocycles. The molecule has 0 bridgehead atoms. The number of amidine groups is 1. The first-order chi connectivity index (χ1) is 8.75. The average molecular weight is 295 g/mol. The first-order valence-corrected chi connectivity index (χ1v) is 6.08. The van der Waals surface area contributed by atoms with Gasteiger partial charge in [-0.25, -0.2) is 4.98 Å². The highest BCUT2D eigenvalue weighted by Crippen LogP contribution is 2.31. The number of nitrogens with zero attached hydrogens (tertiary/aromatic N) is 1. The molecular weight excluding hydrogens is 283 g/mol. The molecule has 0 aliphatic heterocycles. The number of rotatable bonds is 5. The van der Waals surface area contributed by atoms with E-state index in [1.54, 1.807) is 0 Å². The van der Waals surface area contributed by atoms with Crippen molar-refractivity contribution in [2.24, 2.45) is 5.73 Å². The minimum Gasteiger partial charge on any atom is -0.394 e. The lowest BCUT2D eigenvalue weighted by Gasteiger charge is -2.12. The van der Waals surface area contributed by atoms with Crippen LogP contribution in [-0.4, -0.2) is 39.5 Å². The van der Waals surface area contributed by atoms with Crippen molar-refractivity contribution in [2.75, 3.05) is 12.4 Å². The summed E-state index contributed by atoms with van der Waals surface area (Å²) in [4.78, 5) is 3.40. The standard InChI is InChI=1S/C10H12F3N3O2S/c11-10(12,13)7-2-1-6(8(14)15)9(16-7)19-4-5(18)3-17/h1-2,5,17-18H,3-4H2,(H3,14,15). The summed E-state index contributed by atoms with van der Waals surface area (Å²) >= 11 is 0.796. The third-order valence-corrected chi connectivity index (χ3v) is 3.20. The van der Waals surface area contributed by atoms with Gasteiger partial charge in [-0.15, -0.1) is 11.8 Å². The predicted octanol–water partition coefficient (Wildman–Crippen LogP) is 0.830. The molecule has 5 nitrogen and oxygen atoms in total. The van der Waals surface area contributed by atoms with Crippen LogP contribution < -0.4 is 5.73 Å². The van der Waals surface area contributed by atoms with Crippen molar-refractivity contribution in [1.29, 1.82) is 5.41 Å². The van der Waals surface area contributed by atoms with Crippen molar-refractivity contribution < 1.29 is 23.4 Å². The average Bonchev–Trinajstić information content (AvgIpc) is 2.34. The normalized spacial score (nSPS) is 13.3. The Morgan fingerprint density at radius 3 is 2.58 bits per heavy atom. The molecule has 1 aromatic heterocycles. The first-order valence-electron chi connectivity index (χ1n) is 5.10. The van der Waals surface area contributed by atoms with Gasteiger partial charge in [-0.05, 0) is 12.1 Å². The van der Waals surface area contributed by atoms with Gasteiger partial charge in [0.15, 0.2) is 0 Å². The topological polar surface area (TPSA) is 103 Å². The van der Waals surface area contributed by atoms with Crippen LogP contribution in [0.2, 0.25) is 0 Å². The van der Waals surface area contributed by atoms with Gasteiger partial charge in [0.1, 0.15) is 16.6 Å². The molecule has 1 atom stereocenters. The van der Waals surface area contributed by atoms with E-state index in [1.807, 2.05) is 0 Å². The highest BCUT2D eigenvalue weighted by Gasteiger charge is 2.33. The van der Waals surface area contributed by atoms with Crippen LogP contribution in [0.15, 0.2) is 17.2 Å². The van der Waals surface area contributed by atoms with Gasteiger partial charge < -0.3 is 15.9 Å². The Morgan fingerprint density at radius 2 is 2.11 bits per heavy atom. The van der Waals surface area contributed by atoms with Crippen molar-refractivity contribution >= 4 is 17.6 Å². The number of aliphatic hydroxyl groups is 2. The van der Waals surface area contributed by atoms with E-state index in [9.17, 15) is 18.3 Å². The Balaban J connectivity index is 3.06. The fraction of sp³-hybridized carbons (Fsp3) is 0.400. The lowest BCUT2D eigenvalue weighted by atomic mass is 10.2. The SMILES string of the molecule is N=C(N)c1ccc(C(F)(F)F)nc1SCC(O)CO. The second-order valence-corrected chi connectivity index (χ2v) is 4.62. The zero-order chi connectivity index (χ0) is 14.6. The van der Waals surface area contributed by atoms with E-state index in [1.165, 1.54) is 0 Å². The zero-order valence-corrected chi connectivity index (χ0v) is 10.4. The van der Waals surface area contributed by atoms with E-state index in [0.29, 0.717) is 0 Å². The van der Waals surface area contributed by atoms with Crippen LogP contribution in [0.4, 0.5) is 13.2 Å². The van der Waals surface area contributed by atoms with Crippen LogP contribution >= 0.6 is 11.8 Å². The molecule has 9 heteroatoms. The molecular formula is C10H12F3N3O2S. The Labute approximate surface area is 111 Å². The number of hydrogen-bond donors (Lipinski definition) is 4. The molecule has 0 radical (unpaired) electrons. The third kappa shape index (κ3) is 4.37. The molecule has 0 spiro atoms. The Kier molecular flexibility index (Phi) is 5.15. The van der Waals surface area contributed by atoms with E-state index in [0.717, 1.165) is 23.9 Å². The first kappa shape index (κ1) is 15.7. The largest absolute Gasteiger partial charge is 0.433 e. The van der Waals surface area contributed by atoms with Crippen LogP contribution in [0.25, 0.3) is 0 Å². The Hall–Kier alpha value is -1.32. The molecule has 106 valence electrons. The number of pyridine rings is 1. The van der Waals surface area contributed by atoms with Gasteiger partial charge in [-0.2, -0.15) is 13.2 Å². The number of thioether (sulfide) groups is 1. The van der Waals surface area contributed by atoms with Crippen LogP contribution in [0.3, 0.4) is 0 Å². The molecule has 1 unspecified atom stereocenters. The van der Waals surface area contributed by atoms with Gasteiger partial charge in [0, 0.05) is 11.3 Å². The lowest BCUT2D eigenvalue weighted by Crippen LogP contribution is -2.18. The number of aromatic nitrogens is 1. The maximum absolute atomic E-state index is 12.5. The maximum atomic E-state index is 12.5. The lowest BCUT2D eigenvalue weighted by molar-refractivity contribution is -0.141. The van der Waals surface area contributed by atoms with Gasteiger partial charge in [-0.1, -0.05) is 0 Å². The molecule has 0 amide bonds. The highest BCUT2D eigenvalue weighted by molar-refractivity contribution is 7.99. The van der Waals surface area contributed by atoms with Crippen LogP contribution in [0.1, 0.15) is 11.3 Å². The van der Waals surface area contributed by atoms with Gasteiger partial charge >= 0.3 is 6.18 Å². The van der Waals surface area contributed by atoms with Crippen LogP contribution in [0.5, 0.6) is 0 Å². The molecule has 1 heterocycles.